The highest BCUT2D eigenvalue weighted by atomic mass is 127. The molecule has 38 heavy (non-hydrogen) atoms. The summed E-state index contributed by atoms with van der Waals surface area (Å²) in [6.45, 7) is 0. The van der Waals surface area contributed by atoms with Crippen LogP contribution >= 0.6 is 30.4 Å². The van der Waals surface area contributed by atoms with Crippen molar-refractivity contribution in [1.29, 1.82) is 0 Å². The van der Waals surface area contributed by atoms with E-state index in [2.05, 4.69) is 0 Å². The van der Waals surface area contributed by atoms with Crippen LogP contribution in [0.4, 0.5) is 0 Å². The Morgan fingerprint density at radius 3 is 2.21 bits per heavy atom. The number of hydrogen-bond donors (Lipinski definition) is 1. The summed E-state index contributed by atoms with van der Waals surface area (Å²) in [5.41, 5.74) is -1.82. The molecule has 0 radical (unpaired) electrons. The van der Waals surface area contributed by atoms with Crippen molar-refractivity contribution in [1.82, 2.24) is 0 Å². The maximum absolute atomic E-state index is 13.5. The maximum Gasteiger partial charge on any atom is 0.338 e. The van der Waals surface area contributed by atoms with Gasteiger partial charge in [0.2, 0.25) is 5.60 Å². The number of esters is 1. The Balaban J connectivity index is 1.94. The molecule has 5 rings (SSSR count). The minimum Gasteiger partial charge on any atom is -0.497 e. The van der Waals surface area contributed by atoms with Crippen molar-refractivity contribution in [3.05, 3.63) is 94.8 Å². The third kappa shape index (κ3) is 3.64. The lowest BCUT2D eigenvalue weighted by Gasteiger charge is -2.41. The largest absolute Gasteiger partial charge is 0.497 e. The smallest absolute Gasteiger partial charge is 0.338 e. The Bertz CT molecular complexity index is 1390. The average molecular weight is 648 g/mol. The standard InChI is InChI=1S/C28H25IO8S/c1-32-18-12-10-17(11-13-18)28-23(16-8-6-5-7-9-16)22(26(30)35-4)25(37-38-29)27(28,31)24-20(34-3)14-19(33-2)15-21(24)36-28/h5-15,23,31H,1-4H3. The number of halogens is 1. The molecule has 2 aliphatic rings. The van der Waals surface area contributed by atoms with Crippen LogP contribution in [0, 0.1) is 0 Å². The van der Waals surface area contributed by atoms with Crippen molar-refractivity contribution < 1.29 is 37.8 Å². The van der Waals surface area contributed by atoms with Crippen molar-refractivity contribution in [3.63, 3.8) is 0 Å². The van der Waals surface area contributed by atoms with E-state index in [1.54, 1.807) is 31.4 Å². The monoisotopic (exact) mass is 648 g/mol. The van der Waals surface area contributed by atoms with E-state index in [0.717, 1.165) is 14.8 Å². The molecule has 0 bridgehead atoms. The van der Waals surface area contributed by atoms with Crippen LogP contribution in [-0.2, 0) is 24.9 Å². The molecule has 1 aliphatic heterocycles. The van der Waals surface area contributed by atoms with Crippen LogP contribution in [0.25, 0.3) is 0 Å². The molecule has 3 aromatic carbocycles. The van der Waals surface area contributed by atoms with Gasteiger partial charge in [-0.05, 0) is 17.7 Å². The van der Waals surface area contributed by atoms with Gasteiger partial charge >= 0.3 is 5.97 Å². The van der Waals surface area contributed by atoms with E-state index in [9.17, 15) is 9.90 Å². The van der Waals surface area contributed by atoms with Crippen molar-refractivity contribution in [2.24, 2.45) is 0 Å². The number of carbonyl (C=O) groups is 1. The SMILES string of the molecule is COC(=O)C1=C(OSI)C2(O)c3c(OC)cc(OC)cc3OC2(c2ccc(OC)cc2)C1c1ccccc1. The third-order valence-corrected chi connectivity index (χ3v) is 7.87. The van der Waals surface area contributed by atoms with Gasteiger partial charge in [0, 0.05) is 38.9 Å². The molecule has 10 heteroatoms. The molecule has 198 valence electrons. The first-order valence-electron chi connectivity index (χ1n) is 11.6. The normalized spacial score (nSPS) is 23.3. The number of rotatable bonds is 8. The number of ether oxygens (including phenoxy) is 5. The molecule has 1 N–H and O–H groups in total. The topological polar surface area (TPSA) is 92.7 Å². The van der Waals surface area contributed by atoms with E-state index >= 15 is 0 Å². The summed E-state index contributed by atoms with van der Waals surface area (Å²) in [5, 5.41) is 13.0. The van der Waals surface area contributed by atoms with Crippen molar-refractivity contribution in [2.45, 2.75) is 17.1 Å². The van der Waals surface area contributed by atoms with Crippen LogP contribution < -0.4 is 18.9 Å². The first kappa shape index (κ1) is 26.5. The number of hydrogen-bond acceptors (Lipinski definition) is 9. The van der Waals surface area contributed by atoms with E-state index < -0.39 is 23.1 Å². The van der Waals surface area contributed by atoms with E-state index in [4.69, 9.17) is 27.9 Å². The lowest BCUT2D eigenvalue weighted by atomic mass is 9.69. The van der Waals surface area contributed by atoms with Crippen LogP contribution in [0.2, 0.25) is 0 Å². The second-order valence-corrected chi connectivity index (χ2v) is 10.1. The Morgan fingerprint density at radius 1 is 0.947 bits per heavy atom. The molecule has 3 atom stereocenters. The maximum atomic E-state index is 13.5. The lowest BCUT2D eigenvalue weighted by Crippen LogP contribution is -2.50. The second-order valence-electron chi connectivity index (χ2n) is 8.70. The van der Waals surface area contributed by atoms with Crippen LogP contribution in [0.3, 0.4) is 0 Å². The highest BCUT2D eigenvalue weighted by Crippen LogP contribution is 2.71. The number of aliphatic hydroxyl groups is 1. The number of carbonyl (C=O) groups excluding carboxylic acids is 1. The third-order valence-electron chi connectivity index (χ3n) is 7.11. The zero-order valence-corrected chi connectivity index (χ0v) is 24.0. The molecule has 0 saturated carbocycles. The fourth-order valence-electron chi connectivity index (χ4n) is 5.57. The predicted octanol–water partition coefficient (Wildman–Crippen LogP) is 5.43. The van der Waals surface area contributed by atoms with Crippen LogP contribution in [0.5, 0.6) is 23.0 Å². The van der Waals surface area contributed by atoms with Crippen LogP contribution in [0.1, 0.15) is 22.6 Å². The Kier molecular flexibility index (Phi) is 7.14. The first-order chi connectivity index (χ1) is 18.4. The average Bonchev–Trinajstić information content (AvgIpc) is 3.35. The summed E-state index contributed by atoms with van der Waals surface area (Å²) >= 11 is 1.95. The second kappa shape index (κ2) is 10.2. The van der Waals surface area contributed by atoms with Gasteiger partial charge in [-0.15, -0.1) is 0 Å². The van der Waals surface area contributed by atoms with Gasteiger partial charge in [-0.25, -0.2) is 4.79 Å². The summed E-state index contributed by atoms with van der Waals surface area (Å²) in [5.74, 6) is 0.282. The molecule has 1 aliphatic carbocycles. The van der Waals surface area contributed by atoms with Gasteiger partial charge in [-0.3, -0.25) is 0 Å². The summed E-state index contributed by atoms with van der Waals surface area (Å²) in [4.78, 5) is 13.5. The van der Waals surface area contributed by atoms with Gasteiger partial charge in [0.05, 0.1) is 45.5 Å². The highest BCUT2D eigenvalue weighted by molar-refractivity contribution is 14.2. The van der Waals surface area contributed by atoms with E-state index in [1.807, 2.05) is 63.7 Å². The van der Waals surface area contributed by atoms with Crippen LogP contribution in [0.15, 0.2) is 78.1 Å². The summed E-state index contributed by atoms with van der Waals surface area (Å²) in [7, 11) is 6.88. The molecule has 1 heterocycles. The summed E-state index contributed by atoms with van der Waals surface area (Å²) < 4.78 is 34.8. The van der Waals surface area contributed by atoms with Gasteiger partial charge in [0.25, 0.3) is 0 Å². The van der Waals surface area contributed by atoms with Crippen molar-refractivity contribution in [3.8, 4) is 23.0 Å². The fourth-order valence-corrected chi connectivity index (χ4v) is 6.38. The Labute approximate surface area is 236 Å². The molecule has 3 unspecified atom stereocenters. The minimum absolute atomic E-state index is 0.00985. The summed E-state index contributed by atoms with van der Waals surface area (Å²) in [6.07, 6.45) is 0. The van der Waals surface area contributed by atoms with E-state index in [-0.39, 0.29) is 11.3 Å². The number of methoxy groups -OCH3 is 4. The van der Waals surface area contributed by atoms with E-state index in [1.165, 1.54) is 21.3 Å². The zero-order chi connectivity index (χ0) is 27.1. The molecule has 0 spiro atoms. The number of fused-ring (bicyclic) bond motifs is 3. The molecular formula is C28H25IO8S. The van der Waals surface area contributed by atoms with Crippen molar-refractivity contribution in [2.75, 3.05) is 28.4 Å². The fraction of sp³-hybridized carbons (Fsp3) is 0.250. The molecule has 0 saturated heterocycles. The summed E-state index contributed by atoms with van der Waals surface area (Å²) in [6, 6.07) is 19.9. The number of benzene rings is 3. The highest BCUT2D eigenvalue weighted by Gasteiger charge is 2.75. The Morgan fingerprint density at radius 2 is 1.63 bits per heavy atom. The van der Waals surface area contributed by atoms with Gasteiger partial charge in [-0.1, -0.05) is 42.5 Å². The Hall–Kier alpha value is -3.09. The molecule has 0 fully saturated rings. The van der Waals surface area contributed by atoms with Gasteiger partial charge < -0.3 is 33.0 Å². The molecule has 0 amide bonds. The zero-order valence-electron chi connectivity index (χ0n) is 21.0. The van der Waals surface area contributed by atoms with Crippen LogP contribution in [-0.4, -0.2) is 39.5 Å². The minimum atomic E-state index is -2.00. The first-order valence-corrected chi connectivity index (χ1v) is 14.8. The molecule has 0 aromatic heterocycles. The van der Waals surface area contributed by atoms with E-state index in [0.29, 0.717) is 34.1 Å². The predicted molar refractivity (Wildman–Crippen MR) is 150 cm³/mol. The quantitative estimate of drug-likeness (QED) is 0.195. The lowest BCUT2D eigenvalue weighted by molar-refractivity contribution is -0.137. The van der Waals surface area contributed by atoms with Gasteiger partial charge in [-0.2, -0.15) is 0 Å². The van der Waals surface area contributed by atoms with Gasteiger partial charge in [0.15, 0.2) is 11.4 Å². The molecular weight excluding hydrogens is 623 g/mol. The molecule has 3 aromatic rings. The molecule has 8 nitrogen and oxygen atoms in total. The van der Waals surface area contributed by atoms with Crippen molar-refractivity contribution >= 4 is 36.4 Å². The van der Waals surface area contributed by atoms with Gasteiger partial charge in [0.1, 0.15) is 32.2 Å².